The first kappa shape index (κ1) is 11.8. The Labute approximate surface area is 98.5 Å². The third-order valence-corrected chi connectivity index (χ3v) is 2.76. The van der Waals surface area contributed by atoms with E-state index in [0.717, 1.165) is 13.1 Å². The molecular formula is C9H16N6O2. The molecule has 0 bridgehead atoms. The molecule has 1 atom stereocenters. The van der Waals surface area contributed by atoms with Gasteiger partial charge in [0.05, 0.1) is 19.3 Å². The predicted molar refractivity (Wildman–Crippen MR) is 60.3 cm³/mol. The summed E-state index contributed by atoms with van der Waals surface area (Å²) in [5, 5.41) is 7.56. The van der Waals surface area contributed by atoms with Gasteiger partial charge in [-0.2, -0.15) is 0 Å². The molecule has 8 heteroatoms. The number of anilines is 1. The lowest BCUT2D eigenvalue weighted by atomic mass is 10.3. The highest BCUT2D eigenvalue weighted by Crippen LogP contribution is 2.17. The molecule has 0 saturated carbocycles. The quantitative estimate of drug-likeness (QED) is 0.648. The fourth-order valence-electron chi connectivity index (χ4n) is 1.84. The zero-order valence-corrected chi connectivity index (χ0v) is 9.67. The number of carbonyl (C=O) groups is 1. The molecule has 0 aliphatic carbocycles. The van der Waals surface area contributed by atoms with Crippen LogP contribution >= 0.6 is 0 Å². The minimum absolute atomic E-state index is 0.0110. The van der Waals surface area contributed by atoms with Crippen molar-refractivity contribution in [2.24, 2.45) is 5.73 Å². The van der Waals surface area contributed by atoms with E-state index in [2.05, 4.69) is 15.2 Å². The van der Waals surface area contributed by atoms with Crippen molar-refractivity contribution in [3.05, 3.63) is 5.69 Å². The van der Waals surface area contributed by atoms with Gasteiger partial charge >= 0.3 is 0 Å². The lowest BCUT2D eigenvalue weighted by molar-refractivity contribution is 0.0996. The van der Waals surface area contributed by atoms with Crippen molar-refractivity contribution >= 4 is 11.7 Å². The van der Waals surface area contributed by atoms with Crippen LogP contribution in [0.4, 0.5) is 5.82 Å². The van der Waals surface area contributed by atoms with Crippen LogP contribution in [0, 0.1) is 0 Å². The van der Waals surface area contributed by atoms with Crippen LogP contribution in [0.15, 0.2) is 0 Å². The van der Waals surface area contributed by atoms with Crippen molar-refractivity contribution in [2.75, 3.05) is 39.1 Å². The normalized spacial score (nSPS) is 22.3. The lowest BCUT2D eigenvalue weighted by Crippen LogP contribution is -2.29. The zero-order valence-electron chi connectivity index (χ0n) is 9.67. The van der Waals surface area contributed by atoms with Gasteiger partial charge in [-0.15, -0.1) is 5.10 Å². The van der Waals surface area contributed by atoms with E-state index in [1.54, 1.807) is 0 Å². The highest BCUT2D eigenvalue weighted by atomic mass is 16.5. The van der Waals surface area contributed by atoms with E-state index in [-0.39, 0.29) is 17.6 Å². The number of amides is 1. The summed E-state index contributed by atoms with van der Waals surface area (Å²) in [7, 11) is 1.99. The van der Waals surface area contributed by atoms with Gasteiger partial charge in [0.15, 0.2) is 11.5 Å². The van der Waals surface area contributed by atoms with Crippen molar-refractivity contribution in [3.8, 4) is 0 Å². The van der Waals surface area contributed by atoms with Crippen LogP contribution < -0.4 is 11.5 Å². The summed E-state index contributed by atoms with van der Waals surface area (Å²) >= 11 is 0. The molecule has 0 aromatic carbocycles. The number of nitrogens with zero attached hydrogens (tertiary/aromatic N) is 4. The van der Waals surface area contributed by atoms with Crippen LogP contribution in [0.25, 0.3) is 0 Å². The smallest absolute Gasteiger partial charge is 0.273 e. The van der Waals surface area contributed by atoms with Gasteiger partial charge in [0.1, 0.15) is 0 Å². The van der Waals surface area contributed by atoms with Crippen LogP contribution in [0.1, 0.15) is 16.5 Å². The SMILES string of the molecule is CN1CCOC[C@@H](n2nnc(C(N)=O)c2N)C1. The van der Waals surface area contributed by atoms with Crippen LogP contribution in [0.3, 0.4) is 0 Å². The summed E-state index contributed by atoms with van der Waals surface area (Å²) < 4.78 is 6.96. The molecule has 0 spiro atoms. The zero-order chi connectivity index (χ0) is 12.4. The van der Waals surface area contributed by atoms with E-state index in [9.17, 15) is 4.79 Å². The van der Waals surface area contributed by atoms with Crippen LogP contribution in [0.5, 0.6) is 0 Å². The Bertz CT molecular complexity index is 418. The molecule has 1 saturated heterocycles. The minimum Gasteiger partial charge on any atom is -0.382 e. The number of rotatable bonds is 2. The number of hydrogen-bond acceptors (Lipinski definition) is 6. The van der Waals surface area contributed by atoms with Crippen molar-refractivity contribution in [1.82, 2.24) is 19.9 Å². The van der Waals surface area contributed by atoms with E-state index in [4.69, 9.17) is 16.2 Å². The molecule has 8 nitrogen and oxygen atoms in total. The molecule has 1 aromatic heterocycles. The fraction of sp³-hybridized carbons (Fsp3) is 0.667. The summed E-state index contributed by atoms with van der Waals surface area (Å²) in [6, 6.07) is -0.0527. The number of aromatic nitrogens is 3. The van der Waals surface area contributed by atoms with Crippen molar-refractivity contribution in [1.29, 1.82) is 0 Å². The molecule has 1 fully saturated rings. The van der Waals surface area contributed by atoms with Gasteiger partial charge in [-0.05, 0) is 7.05 Å². The summed E-state index contributed by atoms with van der Waals surface area (Å²) in [5.74, 6) is -0.474. The van der Waals surface area contributed by atoms with Gasteiger partial charge in [0, 0.05) is 13.1 Å². The van der Waals surface area contributed by atoms with E-state index >= 15 is 0 Å². The van der Waals surface area contributed by atoms with Crippen LogP contribution in [-0.2, 0) is 4.74 Å². The minimum atomic E-state index is -0.670. The highest BCUT2D eigenvalue weighted by molar-refractivity contribution is 5.94. The van der Waals surface area contributed by atoms with Crippen molar-refractivity contribution < 1.29 is 9.53 Å². The van der Waals surface area contributed by atoms with E-state index in [1.165, 1.54) is 4.68 Å². The van der Waals surface area contributed by atoms with E-state index in [1.807, 2.05) is 7.05 Å². The molecule has 2 heterocycles. The molecule has 1 aromatic rings. The monoisotopic (exact) mass is 240 g/mol. The highest BCUT2D eigenvalue weighted by Gasteiger charge is 2.23. The number of nitrogens with two attached hydrogens (primary N) is 2. The summed E-state index contributed by atoms with van der Waals surface area (Å²) in [6.07, 6.45) is 0. The molecule has 2 rings (SSSR count). The number of likely N-dealkylation sites (N-methyl/N-ethyl adjacent to an activating group) is 1. The molecule has 0 unspecified atom stereocenters. The Morgan fingerprint density at radius 3 is 3.00 bits per heavy atom. The lowest BCUT2D eigenvalue weighted by Gasteiger charge is -2.19. The Kier molecular flexibility index (Phi) is 3.25. The number of primary amides is 1. The molecule has 17 heavy (non-hydrogen) atoms. The molecule has 1 aliphatic rings. The first-order valence-corrected chi connectivity index (χ1v) is 5.36. The van der Waals surface area contributed by atoms with Gasteiger partial charge in [-0.3, -0.25) is 4.79 Å². The number of nitrogen functional groups attached to an aromatic ring is 1. The van der Waals surface area contributed by atoms with Crippen LogP contribution in [0.2, 0.25) is 0 Å². The average molecular weight is 240 g/mol. The molecule has 1 amide bonds. The second kappa shape index (κ2) is 4.68. The Morgan fingerprint density at radius 1 is 1.59 bits per heavy atom. The number of ether oxygens (including phenoxy) is 1. The Morgan fingerprint density at radius 2 is 2.35 bits per heavy atom. The molecule has 94 valence electrons. The third kappa shape index (κ3) is 2.37. The van der Waals surface area contributed by atoms with Gasteiger partial charge in [0.25, 0.3) is 5.91 Å². The predicted octanol–water partition coefficient (Wildman–Crippen LogP) is -1.54. The fourth-order valence-corrected chi connectivity index (χ4v) is 1.84. The van der Waals surface area contributed by atoms with Crippen LogP contribution in [-0.4, -0.2) is 59.2 Å². The maximum atomic E-state index is 11.0. The van der Waals surface area contributed by atoms with E-state index < -0.39 is 5.91 Å². The van der Waals surface area contributed by atoms with Crippen molar-refractivity contribution in [2.45, 2.75) is 6.04 Å². The van der Waals surface area contributed by atoms with E-state index in [0.29, 0.717) is 13.2 Å². The third-order valence-electron chi connectivity index (χ3n) is 2.76. The maximum Gasteiger partial charge on any atom is 0.273 e. The van der Waals surface area contributed by atoms with Gasteiger partial charge < -0.3 is 21.1 Å². The largest absolute Gasteiger partial charge is 0.382 e. The topological polar surface area (TPSA) is 112 Å². The van der Waals surface area contributed by atoms with Gasteiger partial charge in [0.2, 0.25) is 0 Å². The standard InChI is InChI=1S/C9H16N6O2/c1-14-2-3-17-5-6(4-14)15-8(10)7(9(11)16)12-13-15/h6H,2-5,10H2,1H3,(H2,11,16)/t6-/m0/s1. The summed E-state index contributed by atoms with van der Waals surface area (Å²) in [4.78, 5) is 13.1. The molecule has 0 radical (unpaired) electrons. The maximum absolute atomic E-state index is 11.0. The molecular weight excluding hydrogens is 224 g/mol. The van der Waals surface area contributed by atoms with Gasteiger partial charge in [-0.25, -0.2) is 4.68 Å². The van der Waals surface area contributed by atoms with Gasteiger partial charge in [-0.1, -0.05) is 5.21 Å². The first-order valence-electron chi connectivity index (χ1n) is 5.36. The van der Waals surface area contributed by atoms with Crippen molar-refractivity contribution in [3.63, 3.8) is 0 Å². The second-order valence-corrected chi connectivity index (χ2v) is 4.12. The molecule has 1 aliphatic heterocycles. The second-order valence-electron chi connectivity index (χ2n) is 4.12. The Balaban J connectivity index is 2.23. The average Bonchev–Trinajstić information content (AvgIpc) is 2.51. The summed E-state index contributed by atoms with van der Waals surface area (Å²) in [5.41, 5.74) is 10.9. The number of hydrogen-bond donors (Lipinski definition) is 2. The molecule has 4 N–H and O–H groups in total. The number of carbonyl (C=O) groups excluding carboxylic acids is 1. The summed E-state index contributed by atoms with van der Waals surface area (Å²) in [6.45, 7) is 2.76. The Hall–Kier alpha value is -1.67. The first-order chi connectivity index (χ1) is 8.09.